The van der Waals surface area contributed by atoms with E-state index in [9.17, 15) is 9.59 Å². The molecule has 116 valence electrons. The summed E-state index contributed by atoms with van der Waals surface area (Å²) in [6.07, 6.45) is 0.842. The lowest BCUT2D eigenvalue weighted by atomic mass is 10.3. The number of halogens is 1. The standard InChI is InChI=1S/C14H20ClN3O3/c1-4-7-16-13(19)9(2)17-14(20)18-10-5-6-12(21-3)11(15)8-10/h5-6,8-9H,4,7H2,1-3H3,(H,16,19)(H2,17,18,20)/t9-/m1/s1. The van der Waals surface area contributed by atoms with Crippen LogP contribution >= 0.6 is 11.6 Å². The van der Waals surface area contributed by atoms with E-state index in [1.54, 1.807) is 25.1 Å². The number of hydrogen-bond donors (Lipinski definition) is 3. The third-order valence-electron chi connectivity index (χ3n) is 2.70. The highest BCUT2D eigenvalue weighted by atomic mass is 35.5. The average Bonchev–Trinajstić information content (AvgIpc) is 2.44. The molecule has 7 heteroatoms. The summed E-state index contributed by atoms with van der Waals surface area (Å²) in [5.74, 6) is 0.301. The predicted molar refractivity (Wildman–Crippen MR) is 82.9 cm³/mol. The molecule has 1 aromatic carbocycles. The molecule has 0 fully saturated rings. The van der Waals surface area contributed by atoms with Gasteiger partial charge in [0.2, 0.25) is 5.91 Å². The molecular formula is C14H20ClN3O3. The van der Waals surface area contributed by atoms with Gasteiger partial charge in [-0.15, -0.1) is 0 Å². The van der Waals surface area contributed by atoms with Crippen molar-refractivity contribution in [2.75, 3.05) is 19.0 Å². The van der Waals surface area contributed by atoms with E-state index in [0.29, 0.717) is 23.0 Å². The summed E-state index contributed by atoms with van der Waals surface area (Å²) in [6.45, 7) is 4.16. The van der Waals surface area contributed by atoms with Crippen molar-refractivity contribution in [3.63, 3.8) is 0 Å². The zero-order valence-electron chi connectivity index (χ0n) is 12.3. The molecule has 3 N–H and O–H groups in total. The van der Waals surface area contributed by atoms with Crippen molar-refractivity contribution in [2.24, 2.45) is 0 Å². The van der Waals surface area contributed by atoms with Crippen LogP contribution in [0.3, 0.4) is 0 Å². The number of carbonyl (C=O) groups excluding carboxylic acids is 2. The number of methoxy groups -OCH3 is 1. The van der Waals surface area contributed by atoms with Crippen LogP contribution in [0.15, 0.2) is 18.2 Å². The lowest BCUT2D eigenvalue weighted by molar-refractivity contribution is -0.122. The zero-order valence-corrected chi connectivity index (χ0v) is 13.1. The number of benzene rings is 1. The summed E-state index contributed by atoms with van der Waals surface area (Å²) >= 11 is 5.97. The van der Waals surface area contributed by atoms with Gasteiger partial charge < -0.3 is 20.7 Å². The van der Waals surface area contributed by atoms with Crippen LogP contribution in [-0.4, -0.2) is 31.6 Å². The van der Waals surface area contributed by atoms with E-state index in [4.69, 9.17) is 16.3 Å². The third-order valence-corrected chi connectivity index (χ3v) is 3.00. The fraction of sp³-hybridized carbons (Fsp3) is 0.429. The van der Waals surface area contributed by atoms with Crippen LogP contribution in [0.25, 0.3) is 0 Å². The lowest BCUT2D eigenvalue weighted by Gasteiger charge is -2.15. The number of ether oxygens (including phenoxy) is 1. The van der Waals surface area contributed by atoms with E-state index in [0.717, 1.165) is 6.42 Å². The summed E-state index contributed by atoms with van der Waals surface area (Å²) < 4.78 is 5.03. The minimum atomic E-state index is -0.620. The summed E-state index contributed by atoms with van der Waals surface area (Å²) in [4.78, 5) is 23.4. The molecule has 0 aliphatic rings. The van der Waals surface area contributed by atoms with Crippen molar-refractivity contribution in [1.29, 1.82) is 0 Å². The van der Waals surface area contributed by atoms with Crippen LogP contribution in [0.1, 0.15) is 20.3 Å². The molecule has 1 aromatic rings. The Morgan fingerprint density at radius 1 is 1.38 bits per heavy atom. The van der Waals surface area contributed by atoms with Crippen molar-refractivity contribution < 1.29 is 14.3 Å². The first-order chi connectivity index (χ1) is 9.97. The number of nitrogens with one attached hydrogen (secondary N) is 3. The average molecular weight is 314 g/mol. The Morgan fingerprint density at radius 3 is 2.67 bits per heavy atom. The Hall–Kier alpha value is -1.95. The molecular weight excluding hydrogens is 294 g/mol. The van der Waals surface area contributed by atoms with E-state index in [-0.39, 0.29) is 5.91 Å². The molecule has 1 atom stereocenters. The Labute approximate surface area is 129 Å². The molecule has 21 heavy (non-hydrogen) atoms. The van der Waals surface area contributed by atoms with Gasteiger partial charge in [0.05, 0.1) is 12.1 Å². The van der Waals surface area contributed by atoms with Crippen LogP contribution in [0, 0.1) is 0 Å². The minimum Gasteiger partial charge on any atom is -0.495 e. The first-order valence-corrected chi connectivity index (χ1v) is 7.04. The van der Waals surface area contributed by atoms with Gasteiger partial charge in [0.1, 0.15) is 11.8 Å². The van der Waals surface area contributed by atoms with Crippen LogP contribution in [0.5, 0.6) is 5.75 Å². The van der Waals surface area contributed by atoms with Gasteiger partial charge in [0.25, 0.3) is 0 Å². The molecule has 0 aromatic heterocycles. The summed E-state index contributed by atoms with van der Waals surface area (Å²) in [6, 6.07) is 3.78. The molecule has 0 spiro atoms. The topological polar surface area (TPSA) is 79.5 Å². The molecule has 0 saturated heterocycles. The quantitative estimate of drug-likeness (QED) is 0.754. The minimum absolute atomic E-state index is 0.222. The molecule has 0 radical (unpaired) electrons. The van der Waals surface area contributed by atoms with E-state index < -0.39 is 12.1 Å². The molecule has 0 heterocycles. The van der Waals surface area contributed by atoms with Crippen molar-refractivity contribution in [3.05, 3.63) is 23.2 Å². The molecule has 3 amide bonds. The highest BCUT2D eigenvalue weighted by Crippen LogP contribution is 2.27. The highest BCUT2D eigenvalue weighted by molar-refractivity contribution is 6.32. The summed E-state index contributed by atoms with van der Waals surface area (Å²) in [5.41, 5.74) is 0.513. The Bertz CT molecular complexity index is 508. The second-order valence-corrected chi connectivity index (χ2v) is 4.87. The summed E-state index contributed by atoms with van der Waals surface area (Å²) in [5, 5.41) is 8.25. The Balaban J connectivity index is 2.53. The third kappa shape index (κ3) is 5.51. The van der Waals surface area contributed by atoms with Crippen LogP contribution in [0.4, 0.5) is 10.5 Å². The van der Waals surface area contributed by atoms with E-state index >= 15 is 0 Å². The first kappa shape index (κ1) is 17.1. The molecule has 6 nitrogen and oxygen atoms in total. The summed E-state index contributed by atoms with van der Waals surface area (Å²) in [7, 11) is 1.51. The van der Waals surface area contributed by atoms with E-state index in [1.807, 2.05) is 6.92 Å². The molecule has 0 unspecified atom stereocenters. The number of hydrogen-bond acceptors (Lipinski definition) is 3. The second kappa shape index (κ2) is 8.36. The highest BCUT2D eigenvalue weighted by Gasteiger charge is 2.15. The first-order valence-electron chi connectivity index (χ1n) is 6.66. The van der Waals surface area contributed by atoms with Crippen molar-refractivity contribution in [2.45, 2.75) is 26.3 Å². The van der Waals surface area contributed by atoms with Crippen LogP contribution in [0.2, 0.25) is 5.02 Å². The van der Waals surface area contributed by atoms with Gasteiger partial charge in [0, 0.05) is 12.2 Å². The van der Waals surface area contributed by atoms with Gasteiger partial charge in [-0.1, -0.05) is 18.5 Å². The van der Waals surface area contributed by atoms with Gasteiger partial charge in [-0.2, -0.15) is 0 Å². The monoisotopic (exact) mass is 313 g/mol. The molecule has 0 bridgehead atoms. The second-order valence-electron chi connectivity index (χ2n) is 4.46. The van der Waals surface area contributed by atoms with Crippen LogP contribution in [-0.2, 0) is 4.79 Å². The van der Waals surface area contributed by atoms with Crippen molar-refractivity contribution in [1.82, 2.24) is 10.6 Å². The zero-order chi connectivity index (χ0) is 15.8. The molecule has 1 rings (SSSR count). The van der Waals surface area contributed by atoms with E-state index in [2.05, 4.69) is 16.0 Å². The fourth-order valence-electron chi connectivity index (χ4n) is 1.57. The number of amides is 3. The Kier molecular flexibility index (Phi) is 6.81. The van der Waals surface area contributed by atoms with Gasteiger partial charge in [0.15, 0.2) is 0 Å². The maximum atomic E-state index is 11.8. The fourth-order valence-corrected chi connectivity index (χ4v) is 1.83. The van der Waals surface area contributed by atoms with Crippen molar-refractivity contribution in [3.8, 4) is 5.75 Å². The number of urea groups is 1. The number of anilines is 1. The maximum absolute atomic E-state index is 11.8. The maximum Gasteiger partial charge on any atom is 0.319 e. The number of carbonyl (C=O) groups is 2. The van der Waals surface area contributed by atoms with Gasteiger partial charge in [-0.25, -0.2) is 4.79 Å². The van der Waals surface area contributed by atoms with Crippen LogP contribution < -0.4 is 20.7 Å². The van der Waals surface area contributed by atoms with Crippen molar-refractivity contribution >= 4 is 29.2 Å². The molecule has 0 aliphatic heterocycles. The van der Waals surface area contributed by atoms with Gasteiger partial charge in [-0.05, 0) is 31.5 Å². The predicted octanol–water partition coefficient (Wildman–Crippen LogP) is 2.38. The molecule has 0 saturated carbocycles. The number of rotatable bonds is 6. The largest absolute Gasteiger partial charge is 0.495 e. The van der Waals surface area contributed by atoms with Gasteiger partial charge in [-0.3, -0.25) is 4.79 Å². The van der Waals surface area contributed by atoms with Gasteiger partial charge >= 0.3 is 6.03 Å². The van der Waals surface area contributed by atoms with E-state index in [1.165, 1.54) is 7.11 Å². The molecule has 0 aliphatic carbocycles. The lowest BCUT2D eigenvalue weighted by Crippen LogP contribution is -2.46. The SMILES string of the molecule is CCCNC(=O)[C@@H](C)NC(=O)Nc1ccc(OC)c(Cl)c1. The smallest absolute Gasteiger partial charge is 0.319 e. The Morgan fingerprint density at radius 2 is 2.10 bits per heavy atom. The normalized spacial score (nSPS) is 11.4.